The van der Waals surface area contributed by atoms with E-state index in [9.17, 15) is 13.2 Å². The second-order valence-corrected chi connectivity index (χ2v) is 8.51. The highest BCUT2D eigenvalue weighted by Gasteiger charge is 2.33. The van der Waals surface area contributed by atoms with Crippen molar-refractivity contribution in [2.75, 3.05) is 6.26 Å². The predicted molar refractivity (Wildman–Crippen MR) is 91.5 cm³/mol. The standard InChI is InChI=1S/C16H15ClO3S2/c1-11-3-9-14(10-4-11)22(19,20)16(21-2)15(18)12-5-7-13(17)8-6-12/h3-10,16H,1-2H3. The highest BCUT2D eigenvalue weighted by molar-refractivity contribution is 8.14. The molecule has 0 spiro atoms. The molecule has 22 heavy (non-hydrogen) atoms. The Morgan fingerprint density at radius 2 is 1.59 bits per heavy atom. The lowest BCUT2D eigenvalue weighted by atomic mass is 10.1. The van der Waals surface area contributed by atoms with Crippen molar-refractivity contribution in [3.05, 3.63) is 64.7 Å². The molecule has 2 rings (SSSR count). The van der Waals surface area contributed by atoms with E-state index in [0.29, 0.717) is 10.6 Å². The fourth-order valence-electron chi connectivity index (χ4n) is 1.98. The van der Waals surface area contributed by atoms with Gasteiger partial charge in [-0.25, -0.2) is 8.42 Å². The van der Waals surface area contributed by atoms with Crippen LogP contribution in [-0.2, 0) is 9.84 Å². The van der Waals surface area contributed by atoms with Crippen LogP contribution in [0.5, 0.6) is 0 Å². The summed E-state index contributed by atoms with van der Waals surface area (Å²) in [5.41, 5.74) is 1.29. The van der Waals surface area contributed by atoms with Crippen LogP contribution in [0.2, 0.25) is 5.02 Å². The molecule has 0 radical (unpaired) electrons. The third-order valence-electron chi connectivity index (χ3n) is 3.19. The summed E-state index contributed by atoms with van der Waals surface area (Å²) in [6.07, 6.45) is 1.62. The molecule has 116 valence electrons. The van der Waals surface area contributed by atoms with Crippen LogP contribution in [-0.4, -0.2) is 25.0 Å². The first kappa shape index (κ1) is 17.1. The highest BCUT2D eigenvalue weighted by Crippen LogP contribution is 2.27. The molecule has 0 aliphatic heterocycles. The van der Waals surface area contributed by atoms with Crippen molar-refractivity contribution in [2.45, 2.75) is 16.4 Å². The second kappa shape index (κ2) is 6.86. The van der Waals surface area contributed by atoms with Crippen molar-refractivity contribution in [3.63, 3.8) is 0 Å². The molecule has 0 saturated carbocycles. The van der Waals surface area contributed by atoms with Crippen molar-refractivity contribution in [1.29, 1.82) is 0 Å². The molecular weight excluding hydrogens is 340 g/mol. The summed E-state index contributed by atoms with van der Waals surface area (Å²) in [5, 5.41) is 0.499. The van der Waals surface area contributed by atoms with E-state index >= 15 is 0 Å². The van der Waals surface area contributed by atoms with Crippen LogP contribution in [0.15, 0.2) is 53.4 Å². The molecular formula is C16H15ClO3S2. The quantitative estimate of drug-likeness (QED) is 0.762. The largest absolute Gasteiger partial charge is 0.292 e. The third-order valence-corrected chi connectivity index (χ3v) is 7.13. The van der Waals surface area contributed by atoms with Gasteiger partial charge in [0.15, 0.2) is 20.2 Å². The average molecular weight is 355 g/mol. The van der Waals surface area contributed by atoms with Crippen molar-refractivity contribution in [1.82, 2.24) is 0 Å². The first-order valence-electron chi connectivity index (χ1n) is 6.49. The fraction of sp³-hybridized carbons (Fsp3) is 0.188. The number of halogens is 1. The number of benzene rings is 2. The van der Waals surface area contributed by atoms with Crippen LogP contribution in [0, 0.1) is 6.92 Å². The number of sulfone groups is 1. The summed E-state index contributed by atoms with van der Waals surface area (Å²) in [7, 11) is -3.74. The SMILES string of the molecule is CSC(C(=O)c1ccc(Cl)cc1)S(=O)(=O)c1ccc(C)cc1. The normalized spacial score (nSPS) is 12.9. The molecule has 0 aliphatic rings. The number of hydrogen-bond acceptors (Lipinski definition) is 4. The Balaban J connectivity index is 2.40. The summed E-state index contributed by atoms with van der Waals surface area (Å²) in [5.74, 6) is -0.440. The lowest BCUT2D eigenvalue weighted by Crippen LogP contribution is -2.27. The number of carbonyl (C=O) groups is 1. The number of Topliss-reactive ketones (excluding diaryl/α,β-unsaturated/α-hetero) is 1. The second-order valence-electron chi connectivity index (χ2n) is 4.80. The van der Waals surface area contributed by atoms with Gasteiger partial charge in [0.05, 0.1) is 4.90 Å². The first-order chi connectivity index (χ1) is 10.4. The maximum Gasteiger partial charge on any atom is 0.198 e. The minimum atomic E-state index is -3.74. The lowest BCUT2D eigenvalue weighted by Gasteiger charge is -2.15. The van der Waals surface area contributed by atoms with Crippen molar-refractivity contribution >= 4 is 39.0 Å². The van der Waals surface area contributed by atoms with Gasteiger partial charge in [0.2, 0.25) is 0 Å². The summed E-state index contributed by atoms with van der Waals surface area (Å²) >= 11 is 6.81. The van der Waals surface area contributed by atoms with Crippen LogP contribution < -0.4 is 0 Å². The zero-order valence-electron chi connectivity index (χ0n) is 12.1. The molecule has 0 heterocycles. The molecule has 1 unspecified atom stereocenters. The summed E-state index contributed by atoms with van der Waals surface area (Å²) in [6.45, 7) is 1.88. The smallest absolute Gasteiger partial charge is 0.198 e. The minimum absolute atomic E-state index is 0.153. The third kappa shape index (κ3) is 3.54. The molecule has 0 aliphatic carbocycles. The van der Waals surface area contributed by atoms with E-state index in [1.54, 1.807) is 42.7 Å². The Kier molecular flexibility index (Phi) is 5.32. The molecule has 2 aromatic carbocycles. The van der Waals surface area contributed by atoms with Gasteiger partial charge in [-0.3, -0.25) is 4.79 Å². The fourth-order valence-corrected chi connectivity index (χ4v) is 4.98. The first-order valence-corrected chi connectivity index (χ1v) is 9.70. The topological polar surface area (TPSA) is 51.2 Å². The van der Waals surface area contributed by atoms with Gasteiger partial charge >= 0.3 is 0 Å². The van der Waals surface area contributed by atoms with E-state index in [-0.39, 0.29) is 4.90 Å². The van der Waals surface area contributed by atoms with Crippen LogP contribution in [0.25, 0.3) is 0 Å². The Bertz CT molecular complexity index is 766. The van der Waals surface area contributed by atoms with E-state index in [1.165, 1.54) is 12.1 Å². The number of rotatable bonds is 5. The van der Waals surface area contributed by atoms with Gasteiger partial charge in [0.25, 0.3) is 0 Å². The molecule has 0 saturated heterocycles. The average Bonchev–Trinajstić information content (AvgIpc) is 2.48. The van der Waals surface area contributed by atoms with Crippen molar-refractivity contribution < 1.29 is 13.2 Å². The number of carbonyl (C=O) groups excluding carboxylic acids is 1. The molecule has 0 aromatic heterocycles. The van der Waals surface area contributed by atoms with Gasteiger partial charge in [0, 0.05) is 10.6 Å². The maximum absolute atomic E-state index is 12.7. The molecule has 0 amide bonds. The number of thioether (sulfide) groups is 1. The Morgan fingerprint density at radius 3 is 2.09 bits per heavy atom. The van der Waals surface area contributed by atoms with Crippen molar-refractivity contribution in [2.24, 2.45) is 0 Å². The van der Waals surface area contributed by atoms with Crippen LogP contribution >= 0.6 is 23.4 Å². The van der Waals surface area contributed by atoms with Gasteiger partial charge in [-0.05, 0) is 49.6 Å². The Morgan fingerprint density at radius 1 is 1.05 bits per heavy atom. The molecule has 1 atom stereocenters. The van der Waals surface area contributed by atoms with Crippen LogP contribution in [0.1, 0.15) is 15.9 Å². The summed E-state index contributed by atoms with van der Waals surface area (Å²) in [6, 6.07) is 12.7. The predicted octanol–water partition coefficient (Wildman–Crippen LogP) is 3.99. The Labute approximate surface area is 139 Å². The van der Waals surface area contributed by atoms with Gasteiger partial charge in [-0.15, -0.1) is 11.8 Å². The Hall–Kier alpha value is -1.30. The van der Waals surface area contributed by atoms with E-state index in [2.05, 4.69) is 0 Å². The number of aryl methyl sites for hydroxylation is 1. The van der Waals surface area contributed by atoms with Gasteiger partial charge < -0.3 is 0 Å². The summed E-state index contributed by atoms with van der Waals surface area (Å²) in [4.78, 5) is 12.7. The minimum Gasteiger partial charge on any atom is -0.292 e. The number of hydrogen-bond donors (Lipinski definition) is 0. The van der Waals surface area contributed by atoms with Gasteiger partial charge in [-0.1, -0.05) is 29.3 Å². The highest BCUT2D eigenvalue weighted by atomic mass is 35.5. The zero-order valence-corrected chi connectivity index (χ0v) is 14.5. The zero-order chi connectivity index (χ0) is 16.3. The van der Waals surface area contributed by atoms with E-state index in [0.717, 1.165) is 17.3 Å². The van der Waals surface area contributed by atoms with E-state index in [1.807, 2.05) is 6.92 Å². The number of ketones is 1. The van der Waals surface area contributed by atoms with E-state index in [4.69, 9.17) is 11.6 Å². The molecule has 3 nitrogen and oxygen atoms in total. The lowest BCUT2D eigenvalue weighted by molar-refractivity contribution is 0.101. The van der Waals surface area contributed by atoms with Crippen LogP contribution in [0.3, 0.4) is 0 Å². The van der Waals surface area contributed by atoms with Crippen LogP contribution in [0.4, 0.5) is 0 Å². The summed E-state index contributed by atoms with van der Waals surface area (Å²) < 4.78 is 24.2. The van der Waals surface area contributed by atoms with Gasteiger partial charge in [-0.2, -0.15) is 0 Å². The monoisotopic (exact) mass is 354 g/mol. The maximum atomic E-state index is 12.7. The molecule has 0 bridgehead atoms. The van der Waals surface area contributed by atoms with E-state index < -0.39 is 20.2 Å². The van der Waals surface area contributed by atoms with Gasteiger partial charge in [0.1, 0.15) is 0 Å². The van der Waals surface area contributed by atoms with Crippen molar-refractivity contribution in [3.8, 4) is 0 Å². The molecule has 0 N–H and O–H groups in total. The molecule has 2 aromatic rings. The molecule has 6 heteroatoms. The molecule has 0 fully saturated rings.